The number of nitrogens with zero attached hydrogens (tertiary/aromatic N) is 5. The van der Waals surface area contributed by atoms with Crippen molar-refractivity contribution >= 4 is 11.5 Å². The van der Waals surface area contributed by atoms with Gasteiger partial charge in [-0.3, -0.25) is 4.98 Å². The van der Waals surface area contributed by atoms with Crippen LogP contribution < -0.4 is 14.5 Å². The second-order valence-corrected chi connectivity index (χ2v) is 8.55. The molecule has 1 atom stereocenters. The molecule has 7 nitrogen and oxygen atoms in total. The van der Waals surface area contributed by atoms with E-state index in [1.165, 1.54) is 19.2 Å². The number of halogens is 3. The molecule has 2 aromatic heterocycles. The second kappa shape index (κ2) is 8.83. The fraction of sp³-hybridized carbons (Fsp3) is 0.417. The van der Waals surface area contributed by atoms with Crippen LogP contribution in [0.4, 0.5) is 24.7 Å². The number of pyridine rings is 1. The first-order valence-electron chi connectivity index (χ1n) is 11.2. The number of ether oxygens (including phenoxy) is 2. The number of alkyl halides is 3. The summed E-state index contributed by atoms with van der Waals surface area (Å²) in [5.41, 5.74) is 2.83. The molecule has 1 aromatic carbocycles. The van der Waals surface area contributed by atoms with Gasteiger partial charge in [0.2, 0.25) is 0 Å². The van der Waals surface area contributed by atoms with E-state index in [0.29, 0.717) is 18.7 Å². The van der Waals surface area contributed by atoms with E-state index >= 15 is 0 Å². The van der Waals surface area contributed by atoms with Gasteiger partial charge in [0.25, 0.3) is 0 Å². The van der Waals surface area contributed by atoms with Gasteiger partial charge >= 0.3 is 6.18 Å². The molecule has 0 N–H and O–H groups in total. The number of anilines is 2. The average molecular weight is 473 g/mol. The van der Waals surface area contributed by atoms with Crippen molar-refractivity contribution in [3.05, 3.63) is 59.5 Å². The molecular formula is C24H26F3N5O2. The Kier molecular flexibility index (Phi) is 5.85. The molecule has 0 radical (unpaired) electrons. The van der Waals surface area contributed by atoms with E-state index in [0.717, 1.165) is 55.0 Å². The zero-order chi connectivity index (χ0) is 23.9. The molecule has 1 saturated heterocycles. The van der Waals surface area contributed by atoms with Crippen LogP contribution >= 0.6 is 0 Å². The van der Waals surface area contributed by atoms with E-state index in [1.807, 2.05) is 19.1 Å². The van der Waals surface area contributed by atoms with Crippen LogP contribution in [-0.4, -0.2) is 54.2 Å². The van der Waals surface area contributed by atoms with Crippen LogP contribution in [0.5, 0.6) is 5.75 Å². The Balaban J connectivity index is 1.47. The quantitative estimate of drug-likeness (QED) is 0.569. The molecule has 0 unspecified atom stereocenters. The number of methoxy groups -OCH3 is 1. The first kappa shape index (κ1) is 22.5. The van der Waals surface area contributed by atoms with Crippen LogP contribution in [0.25, 0.3) is 5.69 Å². The van der Waals surface area contributed by atoms with Crippen LogP contribution in [-0.2, 0) is 23.9 Å². The molecular weight excluding hydrogens is 447 g/mol. The smallest absolute Gasteiger partial charge is 0.419 e. The van der Waals surface area contributed by atoms with Gasteiger partial charge in [-0.1, -0.05) is 0 Å². The topological polar surface area (TPSA) is 55.7 Å². The molecule has 2 aliphatic rings. The number of benzene rings is 1. The van der Waals surface area contributed by atoms with Gasteiger partial charge < -0.3 is 19.3 Å². The molecule has 0 bridgehead atoms. The summed E-state index contributed by atoms with van der Waals surface area (Å²) in [7, 11) is 1.25. The van der Waals surface area contributed by atoms with Gasteiger partial charge in [0.1, 0.15) is 5.75 Å². The third-order valence-electron chi connectivity index (χ3n) is 6.40. The summed E-state index contributed by atoms with van der Waals surface area (Å²) >= 11 is 0. The average Bonchev–Trinajstić information content (AvgIpc) is 3.22. The predicted octanol–water partition coefficient (Wildman–Crippen LogP) is 4.08. The third-order valence-corrected chi connectivity index (χ3v) is 6.40. The Labute approximate surface area is 195 Å². The zero-order valence-electron chi connectivity index (χ0n) is 19.0. The molecule has 10 heteroatoms. The van der Waals surface area contributed by atoms with Crippen molar-refractivity contribution in [3.63, 3.8) is 0 Å². The van der Waals surface area contributed by atoms with Gasteiger partial charge in [-0.15, -0.1) is 5.10 Å². The number of aromatic nitrogens is 3. The lowest BCUT2D eigenvalue weighted by Crippen LogP contribution is -2.47. The Bertz CT molecular complexity index is 1160. The molecule has 180 valence electrons. The Morgan fingerprint density at radius 3 is 2.38 bits per heavy atom. The van der Waals surface area contributed by atoms with E-state index in [2.05, 4.69) is 14.8 Å². The van der Waals surface area contributed by atoms with Crippen LogP contribution in [0, 0.1) is 0 Å². The third kappa shape index (κ3) is 4.18. The Morgan fingerprint density at radius 1 is 1.00 bits per heavy atom. The van der Waals surface area contributed by atoms with Gasteiger partial charge in [0.05, 0.1) is 36.8 Å². The van der Waals surface area contributed by atoms with Gasteiger partial charge in [0, 0.05) is 62.3 Å². The van der Waals surface area contributed by atoms with E-state index in [-0.39, 0.29) is 11.9 Å². The molecule has 1 fully saturated rings. The molecule has 4 heterocycles. The molecule has 0 spiro atoms. The normalized spacial score (nSPS) is 18.7. The number of rotatable bonds is 4. The van der Waals surface area contributed by atoms with E-state index in [1.54, 1.807) is 17.1 Å². The van der Waals surface area contributed by atoms with Crippen molar-refractivity contribution in [2.75, 3.05) is 43.1 Å². The summed E-state index contributed by atoms with van der Waals surface area (Å²) < 4.78 is 52.8. The number of fused-ring (bicyclic) bond motifs is 1. The van der Waals surface area contributed by atoms with Crippen molar-refractivity contribution in [1.82, 2.24) is 14.8 Å². The minimum atomic E-state index is -4.49. The monoisotopic (exact) mass is 473 g/mol. The second-order valence-electron chi connectivity index (χ2n) is 8.55. The summed E-state index contributed by atoms with van der Waals surface area (Å²) in [4.78, 5) is 8.62. The van der Waals surface area contributed by atoms with E-state index in [9.17, 15) is 13.2 Å². The summed E-state index contributed by atoms with van der Waals surface area (Å²) in [5, 5.41) is 4.88. The van der Waals surface area contributed by atoms with Crippen LogP contribution in [0.15, 0.2) is 42.7 Å². The molecule has 0 saturated carbocycles. The Hall–Kier alpha value is -3.27. The summed E-state index contributed by atoms with van der Waals surface area (Å²) in [5.74, 6) is 0.608. The largest absolute Gasteiger partial charge is 0.496 e. The summed E-state index contributed by atoms with van der Waals surface area (Å²) in [6, 6.07) is 7.91. The van der Waals surface area contributed by atoms with Crippen molar-refractivity contribution in [3.8, 4) is 11.4 Å². The highest BCUT2D eigenvalue weighted by molar-refractivity contribution is 5.56. The predicted molar refractivity (Wildman–Crippen MR) is 122 cm³/mol. The number of hydrogen-bond acceptors (Lipinski definition) is 6. The highest BCUT2D eigenvalue weighted by Gasteiger charge is 2.35. The Morgan fingerprint density at radius 2 is 1.71 bits per heavy atom. The fourth-order valence-electron chi connectivity index (χ4n) is 4.63. The van der Waals surface area contributed by atoms with Gasteiger partial charge in [-0.05, 0) is 31.2 Å². The fourth-order valence-corrected chi connectivity index (χ4v) is 4.63. The highest BCUT2D eigenvalue weighted by Crippen LogP contribution is 2.38. The maximum Gasteiger partial charge on any atom is 0.419 e. The van der Waals surface area contributed by atoms with Gasteiger partial charge in [-0.25, -0.2) is 4.68 Å². The van der Waals surface area contributed by atoms with Gasteiger partial charge in [-0.2, -0.15) is 13.2 Å². The van der Waals surface area contributed by atoms with Crippen LogP contribution in [0.1, 0.15) is 23.7 Å². The first-order valence-corrected chi connectivity index (χ1v) is 11.2. The molecule has 34 heavy (non-hydrogen) atoms. The lowest BCUT2D eigenvalue weighted by atomic mass is 10.1. The molecule has 3 aromatic rings. The van der Waals surface area contributed by atoms with Crippen molar-refractivity contribution < 1.29 is 22.6 Å². The van der Waals surface area contributed by atoms with Crippen LogP contribution in [0.3, 0.4) is 0 Å². The van der Waals surface area contributed by atoms with Crippen LogP contribution in [0.2, 0.25) is 0 Å². The first-order chi connectivity index (χ1) is 16.3. The molecule has 2 aliphatic heterocycles. The minimum Gasteiger partial charge on any atom is -0.496 e. The highest BCUT2D eigenvalue weighted by atomic mass is 19.4. The van der Waals surface area contributed by atoms with E-state index < -0.39 is 11.7 Å². The summed E-state index contributed by atoms with van der Waals surface area (Å²) in [6.45, 7) is 5.62. The summed E-state index contributed by atoms with van der Waals surface area (Å²) in [6.07, 6.45) is -0.290. The lowest BCUT2D eigenvalue weighted by molar-refractivity contribution is -0.138. The van der Waals surface area contributed by atoms with E-state index in [4.69, 9.17) is 14.6 Å². The van der Waals surface area contributed by atoms with Crippen molar-refractivity contribution in [2.45, 2.75) is 32.2 Å². The van der Waals surface area contributed by atoms with Gasteiger partial charge in [0.15, 0.2) is 5.82 Å². The zero-order valence-corrected chi connectivity index (χ0v) is 19.0. The maximum absolute atomic E-state index is 13.4. The minimum absolute atomic E-state index is 0.00400. The standard InChI is InChI=1S/C24H26F3N5O2/c1-16-13-21-19(15-34-16)23(31-11-9-30(10-12-31)17-5-7-28-8-6-17)29-32(21)18-3-4-20(24(25,26)27)22(14-18)33-2/h3-8,14,16H,9-13,15H2,1-2H3/t16-/m1/s1. The molecule has 0 aliphatic carbocycles. The van der Waals surface area contributed by atoms with Crippen molar-refractivity contribution in [1.29, 1.82) is 0 Å². The molecule has 5 rings (SSSR count). The lowest BCUT2D eigenvalue weighted by Gasteiger charge is -2.36. The number of piperazine rings is 1. The van der Waals surface area contributed by atoms with Crippen molar-refractivity contribution in [2.24, 2.45) is 0 Å². The SMILES string of the molecule is COc1cc(-n2nc(N3CCN(c4ccncc4)CC3)c3c2C[C@@H](C)OC3)ccc1C(F)(F)F. The molecule has 0 amide bonds. The maximum atomic E-state index is 13.4. The number of hydrogen-bond donors (Lipinski definition) is 0.